The van der Waals surface area contributed by atoms with E-state index in [0.717, 1.165) is 0 Å². The van der Waals surface area contributed by atoms with Gasteiger partial charge in [-0.2, -0.15) is 0 Å². The van der Waals surface area contributed by atoms with Gasteiger partial charge in [-0.25, -0.2) is 4.79 Å². The van der Waals surface area contributed by atoms with Gasteiger partial charge in [0.1, 0.15) is 12.7 Å². The van der Waals surface area contributed by atoms with Crippen molar-refractivity contribution in [3.63, 3.8) is 0 Å². The molecule has 0 aliphatic carbocycles. The smallest absolute Gasteiger partial charge is 0.410 e. The van der Waals surface area contributed by atoms with Crippen LogP contribution in [0.1, 0.15) is 0 Å². The van der Waals surface area contributed by atoms with Crippen molar-refractivity contribution in [2.75, 3.05) is 13.2 Å². The third-order valence-electron chi connectivity index (χ3n) is 2.18. The Bertz CT molecular complexity index is 195. The van der Waals surface area contributed by atoms with Crippen LogP contribution in [-0.4, -0.2) is 52.6 Å². The molecule has 11 heavy (non-hydrogen) atoms. The molecule has 0 bridgehead atoms. The molecule has 2 fully saturated rings. The molecule has 2 aliphatic heterocycles. The molecule has 5 nitrogen and oxygen atoms in total. The minimum Gasteiger partial charge on any atom is -0.447 e. The fraction of sp³-hybridized carbons (Fsp3) is 0.833. The second-order valence-corrected chi connectivity index (χ2v) is 2.85. The first-order valence-corrected chi connectivity index (χ1v) is 3.49. The van der Waals surface area contributed by atoms with Crippen LogP contribution in [0.25, 0.3) is 0 Å². The van der Waals surface area contributed by atoms with Crippen LogP contribution in [0.3, 0.4) is 0 Å². The van der Waals surface area contributed by atoms with E-state index in [2.05, 4.69) is 4.74 Å². The van der Waals surface area contributed by atoms with Gasteiger partial charge in [-0.15, -0.1) is 0 Å². The predicted molar refractivity (Wildman–Crippen MR) is 33.9 cm³/mol. The minimum absolute atomic E-state index is 0.185. The molecule has 0 saturated carbocycles. The van der Waals surface area contributed by atoms with E-state index in [4.69, 9.17) is 5.11 Å². The molecule has 2 saturated heterocycles. The molecule has 0 radical (unpaired) electrons. The lowest BCUT2D eigenvalue weighted by molar-refractivity contribution is 0.0323. The molecule has 0 aromatic heterocycles. The molecule has 2 N–H and O–H groups in total. The zero-order valence-corrected chi connectivity index (χ0v) is 5.80. The van der Waals surface area contributed by atoms with Crippen molar-refractivity contribution in [2.24, 2.45) is 0 Å². The summed E-state index contributed by atoms with van der Waals surface area (Å²) in [7, 11) is 0. The SMILES string of the molecule is O=C1OCC2C(O)C(O)CN12. The third kappa shape index (κ3) is 0.812. The number of carbonyl (C=O) groups is 1. The van der Waals surface area contributed by atoms with Crippen molar-refractivity contribution < 1.29 is 19.7 Å². The summed E-state index contributed by atoms with van der Waals surface area (Å²) in [4.78, 5) is 12.2. The number of ether oxygens (including phenoxy) is 1. The monoisotopic (exact) mass is 159 g/mol. The zero-order valence-electron chi connectivity index (χ0n) is 5.80. The number of hydrogen-bond donors (Lipinski definition) is 2. The van der Waals surface area contributed by atoms with E-state index in [9.17, 15) is 9.90 Å². The molecule has 2 rings (SSSR count). The Labute approximate surface area is 63.2 Å². The lowest BCUT2D eigenvalue weighted by atomic mass is 10.1. The van der Waals surface area contributed by atoms with Gasteiger partial charge in [0.15, 0.2) is 0 Å². The third-order valence-corrected chi connectivity index (χ3v) is 2.18. The van der Waals surface area contributed by atoms with E-state index >= 15 is 0 Å². The van der Waals surface area contributed by atoms with Gasteiger partial charge in [-0.1, -0.05) is 0 Å². The molecule has 2 aliphatic rings. The van der Waals surface area contributed by atoms with E-state index in [1.165, 1.54) is 4.90 Å². The quantitative estimate of drug-likeness (QED) is 0.453. The maximum absolute atomic E-state index is 10.8. The van der Waals surface area contributed by atoms with E-state index in [0.29, 0.717) is 0 Å². The molecule has 0 spiro atoms. The molecule has 62 valence electrons. The highest BCUT2D eigenvalue weighted by Crippen LogP contribution is 2.24. The summed E-state index contributed by atoms with van der Waals surface area (Å²) >= 11 is 0. The minimum atomic E-state index is -0.846. The van der Waals surface area contributed by atoms with Gasteiger partial charge in [0.05, 0.1) is 18.7 Å². The number of hydrogen-bond acceptors (Lipinski definition) is 4. The van der Waals surface area contributed by atoms with Gasteiger partial charge in [0, 0.05) is 0 Å². The van der Waals surface area contributed by atoms with Crippen LogP contribution in [-0.2, 0) is 4.74 Å². The number of cyclic esters (lactones) is 1. The largest absolute Gasteiger partial charge is 0.447 e. The highest BCUT2D eigenvalue weighted by molar-refractivity contribution is 5.70. The predicted octanol–water partition coefficient (Wildman–Crippen LogP) is -1.46. The highest BCUT2D eigenvalue weighted by atomic mass is 16.6. The maximum atomic E-state index is 10.8. The zero-order chi connectivity index (χ0) is 8.01. The topological polar surface area (TPSA) is 70.0 Å². The molecule has 0 aromatic carbocycles. The van der Waals surface area contributed by atoms with Crippen LogP contribution in [0.15, 0.2) is 0 Å². The summed E-state index contributed by atoms with van der Waals surface area (Å²) in [6, 6.07) is -0.336. The molecule has 3 unspecified atom stereocenters. The molecule has 3 atom stereocenters. The van der Waals surface area contributed by atoms with Gasteiger partial charge < -0.3 is 14.9 Å². The summed E-state index contributed by atoms with van der Waals surface area (Å²) in [5.74, 6) is 0. The summed E-state index contributed by atoms with van der Waals surface area (Å²) < 4.78 is 4.65. The Morgan fingerprint density at radius 2 is 2.27 bits per heavy atom. The molecular weight excluding hydrogens is 150 g/mol. The number of carbonyl (C=O) groups excluding carboxylic acids is 1. The van der Waals surface area contributed by atoms with Crippen LogP contribution in [0, 0.1) is 0 Å². The van der Waals surface area contributed by atoms with Crippen LogP contribution in [0.4, 0.5) is 4.79 Å². The number of fused-ring (bicyclic) bond motifs is 1. The molecule has 2 heterocycles. The fourth-order valence-corrected chi connectivity index (χ4v) is 1.52. The lowest BCUT2D eigenvalue weighted by Gasteiger charge is -2.11. The fourth-order valence-electron chi connectivity index (χ4n) is 1.52. The average molecular weight is 159 g/mol. The van der Waals surface area contributed by atoms with Crippen molar-refractivity contribution in [1.29, 1.82) is 0 Å². The Balaban J connectivity index is 2.18. The van der Waals surface area contributed by atoms with Gasteiger partial charge in [0.25, 0.3) is 0 Å². The molecule has 1 amide bonds. The first-order valence-electron chi connectivity index (χ1n) is 3.49. The number of aliphatic hydroxyl groups is 2. The maximum Gasteiger partial charge on any atom is 0.410 e. The second kappa shape index (κ2) is 2.09. The van der Waals surface area contributed by atoms with Crippen LogP contribution in [0.5, 0.6) is 0 Å². The van der Waals surface area contributed by atoms with Gasteiger partial charge in [-0.05, 0) is 0 Å². The number of rotatable bonds is 0. The van der Waals surface area contributed by atoms with Crippen LogP contribution < -0.4 is 0 Å². The van der Waals surface area contributed by atoms with E-state index < -0.39 is 18.3 Å². The van der Waals surface area contributed by atoms with E-state index in [1.807, 2.05) is 0 Å². The first-order chi connectivity index (χ1) is 5.20. The lowest BCUT2D eigenvalue weighted by Crippen LogP contribution is -2.33. The Morgan fingerprint density at radius 1 is 1.55 bits per heavy atom. The van der Waals surface area contributed by atoms with Crippen molar-refractivity contribution >= 4 is 6.09 Å². The van der Waals surface area contributed by atoms with Gasteiger partial charge in [-0.3, -0.25) is 4.90 Å². The van der Waals surface area contributed by atoms with E-state index in [1.54, 1.807) is 0 Å². The summed E-state index contributed by atoms with van der Waals surface area (Å²) in [6.45, 7) is 0.377. The van der Waals surface area contributed by atoms with Crippen molar-refractivity contribution in [2.45, 2.75) is 18.2 Å². The summed E-state index contributed by atoms with van der Waals surface area (Å²) in [6.07, 6.45) is -2.10. The van der Waals surface area contributed by atoms with Gasteiger partial charge >= 0.3 is 6.09 Å². The number of aliphatic hydroxyl groups excluding tert-OH is 2. The normalized spacial score (nSPS) is 42.5. The van der Waals surface area contributed by atoms with Crippen molar-refractivity contribution in [1.82, 2.24) is 4.90 Å². The molecular formula is C6H9NO4. The molecule has 0 aromatic rings. The first kappa shape index (κ1) is 6.87. The van der Waals surface area contributed by atoms with E-state index in [-0.39, 0.29) is 19.2 Å². The average Bonchev–Trinajstić information content (AvgIpc) is 2.43. The highest BCUT2D eigenvalue weighted by Gasteiger charge is 2.47. The summed E-state index contributed by atoms with van der Waals surface area (Å²) in [5, 5.41) is 18.4. The van der Waals surface area contributed by atoms with Crippen LogP contribution in [0.2, 0.25) is 0 Å². The second-order valence-electron chi connectivity index (χ2n) is 2.85. The Hall–Kier alpha value is -0.810. The number of amides is 1. The summed E-state index contributed by atoms with van der Waals surface area (Å²) in [5.41, 5.74) is 0. The molecule has 5 heteroatoms. The Kier molecular flexibility index (Phi) is 1.30. The van der Waals surface area contributed by atoms with Crippen LogP contribution >= 0.6 is 0 Å². The van der Waals surface area contributed by atoms with Gasteiger partial charge in [0.2, 0.25) is 0 Å². The van der Waals surface area contributed by atoms with Crippen molar-refractivity contribution in [3.05, 3.63) is 0 Å². The van der Waals surface area contributed by atoms with Crippen molar-refractivity contribution in [3.8, 4) is 0 Å². The Morgan fingerprint density at radius 3 is 2.91 bits per heavy atom. The standard InChI is InChI=1S/C6H9NO4/c8-4-1-7-3(5(4)9)2-11-6(7)10/h3-5,8-9H,1-2H2. The number of nitrogens with zero attached hydrogens (tertiary/aromatic N) is 1.